The molecule has 3 fully saturated rings. The maximum absolute atomic E-state index is 12.2. The second kappa shape index (κ2) is 4.47. The van der Waals surface area contributed by atoms with E-state index in [2.05, 4.69) is 13.8 Å². The van der Waals surface area contributed by atoms with E-state index in [1.54, 1.807) is 6.92 Å². The highest BCUT2D eigenvalue weighted by atomic mass is 16.3. The van der Waals surface area contributed by atoms with Crippen LogP contribution in [0, 0.1) is 28.6 Å². The van der Waals surface area contributed by atoms with Crippen molar-refractivity contribution in [2.24, 2.45) is 28.6 Å². The van der Waals surface area contributed by atoms with Gasteiger partial charge in [-0.25, -0.2) is 0 Å². The summed E-state index contributed by atoms with van der Waals surface area (Å²) in [6.07, 6.45) is 11.6. The van der Waals surface area contributed by atoms with Crippen LogP contribution in [-0.4, -0.2) is 16.5 Å². The highest BCUT2D eigenvalue weighted by Crippen LogP contribution is 2.65. The van der Waals surface area contributed by atoms with Crippen LogP contribution in [-0.2, 0) is 4.79 Å². The Kier molecular flexibility index (Phi) is 3.03. The van der Waals surface area contributed by atoms with Crippen LogP contribution in [0.25, 0.3) is 0 Å². The minimum Gasteiger partial charge on any atom is -0.382 e. The third kappa shape index (κ3) is 1.85. The number of carbonyl (C=O) groups is 1. The number of allylic oxidation sites excluding steroid dienone is 1. The van der Waals surface area contributed by atoms with Gasteiger partial charge in [0.25, 0.3) is 0 Å². The zero-order valence-electron chi connectivity index (χ0n) is 14.3. The molecule has 0 aromatic rings. The molecule has 0 radical (unpaired) electrons. The quantitative estimate of drug-likeness (QED) is 0.725. The van der Waals surface area contributed by atoms with E-state index in [9.17, 15) is 9.90 Å². The molecule has 3 saturated carbocycles. The fourth-order valence-corrected chi connectivity index (χ4v) is 6.92. The van der Waals surface area contributed by atoms with Gasteiger partial charge in [0.15, 0.2) is 5.78 Å². The van der Waals surface area contributed by atoms with Gasteiger partial charge in [-0.2, -0.15) is 0 Å². The van der Waals surface area contributed by atoms with Crippen LogP contribution in [0.3, 0.4) is 0 Å². The summed E-state index contributed by atoms with van der Waals surface area (Å²) in [7, 11) is 0. The summed E-state index contributed by atoms with van der Waals surface area (Å²) in [6, 6.07) is 0. The van der Waals surface area contributed by atoms with Gasteiger partial charge in [-0.05, 0) is 86.5 Å². The predicted octanol–water partition coefficient (Wildman–Crippen LogP) is 4.27. The molecule has 1 N–H and O–H groups in total. The van der Waals surface area contributed by atoms with Crippen LogP contribution in [0.4, 0.5) is 0 Å². The zero-order valence-corrected chi connectivity index (χ0v) is 14.3. The third-order valence-electron chi connectivity index (χ3n) is 8.06. The molecule has 4 rings (SSSR count). The number of aliphatic hydroxyl groups is 1. The lowest BCUT2D eigenvalue weighted by molar-refractivity contribution is -0.139. The lowest BCUT2D eigenvalue weighted by Crippen LogP contribution is -2.54. The number of rotatable bonds is 0. The highest BCUT2D eigenvalue weighted by molar-refractivity contribution is 5.98. The van der Waals surface area contributed by atoms with Crippen molar-refractivity contribution in [3.8, 4) is 0 Å². The Labute approximate surface area is 134 Å². The third-order valence-corrected chi connectivity index (χ3v) is 8.06. The Bertz CT molecular complexity index is 546. The van der Waals surface area contributed by atoms with Gasteiger partial charge in [-0.3, -0.25) is 4.79 Å². The topological polar surface area (TPSA) is 37.3 Å². The van der Waals surface area contributed by atoms with E-state index in [4.69, 9.17) is 0 Å². The molecular weight excluding hydrogens is 272 g/mol. The maximum atomic E-state index is 12.2. The lowest BCUT2D eigenvalue weighted by Gasteiger charge is -2.58. The molecule has 0 aromatic heterocycles. The Balaban J connectivity index is 1.72. The predicted molar refractivity (Wildman–Crippen MR) is 87.3 cm³/mol. The van der Waals surface area contributed by atoms with Gasteiger partial charge in [-0.15, -0.1) is 0 Å². The molecule has 0 amide bonds. The van der Waals surface area contributed by atoms with Crippen LogP contribution in [0.2, 0.25) is 0 Å². The summed E-state index contributed by atoms with van der Waals surface area (Å²) in [5, 5.41) is 10.6. The maximum Gasteiger partial charge on any atom is 0.186 e. The molecule has 0 heterocycles. The van der Waals surface area contributed by atoms with E-state index in [1.165, 1.54) is 44.1 Å². The molecule has 4 aliphatic carbocycles. The van der Waals surface area contributed by atoms with Crippen molar-refractivity contribution in [2.45, 2.75) is 77.7 Å². The molecular formula is C20H30O2. The second-order valence-electron chi connectivity index (χ2n) is 9.40. The van der Waals surface area contributed by atoms with Crippen molar-refractivity contribution in [3.63, 3.8) is 0 Å². The summed E-state index contributed by atoms with van der Waals surface area (Å²) in [4.78, 5) is 12.2. The Morgan fingerprint density at radius 2 is 1.86 bits per heavy atom. The molecule has 22 heavy (non-hydrogen) atoms. The van der Waals surface area contributed by atoms with E-state index >= 15 is 0 Å². The fraction of sp³-hybridized carbons (Fsp3) is 0.850. The van der Waals surface area contributed by atoms with Gasteiger partial charge in [0, 0.05) is 0 Å². The number of hydrogen-bond donors (Lipinski definition) is 1. The summed E-state index contributed by atoms with van der Waals surface area (Å²) in [5.41, 5.74) is 0.805. The summed E-state index contributed by atoms with van der Waals surface area (Å²) < 4.78 is 0. The van der Waals surface area contributed by atoms with Crippen molar-refractivity contribution in [1.82, 2.24) is 0 Å². The van der Waals surface area contributed by atoms with Crippen LogP contribution < -0.4 is 0 Å². The van der Waals surface area contributed by atoms with Gasteiger partial charge in [0.2, 0.25) is 0 Å². The van der Waals surface area contributed by atoms with Crippen LogP contribution in [0.1, 0.15) is 72.1 Å². The Morgan fingerprint density at radius 3 is 2.64 bits per heavy atom. The Hall–Kier alpha value is -0.630. The number of hydrogen-bond acceptors (Lipinski definition) is 2. The first-order chi connectivity index (χ1) is 10.3. The first-order valence-corrected chi connectivity index (χ1v) is 9.24. The van der Waals surface area contributed by atoms with E-state index in [0.29, 0.717) is 17.8 Å². The van der Waals surface area contributed by atoms with E-state index < -0.39 is 5.60 Å². The number of carbonyl (C=O) groups excluding carboxylic acids is 1. The molecule has 2 heteroatoms. The highest BCUT2D eigenvalue weighted by Gasteiger charge is 2.58. The molecule has 0 bridgehead atoms. The molecule has 1 unspecified atom stereocenters. The van der Waals surface area contributed by atoms with Crippen LogP contribution >= 0.6 is 0 Å². The molecule has 0 aromatic carbocycles. The first-order valence-electron chi connectivity index (χ1n) is 9.24. The smallest absolute Gasteiger partial charge is 0.186 e. The SMILES string of the molecule is CC1(O)C[C@@]2(C)C(=CC1=O)CC[C@@H]1[C@H]2CC[C@]2(C)CCC[C@@H]12. The average molecular weight is 302 g/mol. The molecule has 0 aliphatic heterocycles. The van der Waals surface area contributed by atoms with Crippen LogP contribution in [0.5, 0.6) is 0 Å². The summed E-state index contributed by atoms with van der Waals surface area (Å²) in [6.45, 7) is 6.59. The van der Waals surface area contributed by atoms with E-state index in [-0.39, 0.29) is 11.2 Å². The summed E-state index contributed by atoms with van der Waals surface area (Å²) >= 11 is 0. The largest absolute Gasteiger partial charge is 0.382 e. The van der Waals surface area contributed by atoms with Crippen molar-refractivity contribution in [3.05, 3.63) is 11.6 Å². The van der Waals surface area contributed by atoms with Crippen molar-refractivity contribution >= 4 is 5.78 Å². The van der Waals surface area contributed by atoms with E-state index in [0.717, 1.165) is 18.3 Å². The van der Waals surface area contributed by atoms with Crippen molar-refractivity contribution in [1.29, 1.82) is 0 Å². The van der Waals surface area contributed by atoms with Gasteiger partial charge in [-0.1, -0.05) is 25.8 Å². The zero-order chi connectivity index (χ0) is 15.8. The monoisotopic (exact) mass is 302 g/mol. The molecule has 4 aliphatic rings. The molecule has 2 nitrogen and oxygen atoms in total. The summed E-state index contributed by atoms with van der Waals surface area (Å²) in [5.74, 6) is 2.29. The molecule has 0 saturated heterocycles. The average Bonchev–Trinajstić information content (AvgIpc) is 2.82. The Morgan fingerprint density at radius 1 is 1.09 bits per heavy atom. The number of fused-ring (bicyclic) bond motifs is 5. The van der Waals surface area contributed by atoms with Crippen LogP contribution in [0.15, 0.2) is 11.6 Å². The van der Waals surface area contributed by atoms with Gasteiger partial charge in [0.05, 0.1) is 0 Å². The van der Waals surface area contributed by atoms with Gasteiger partial charge < -0.3 is 5.11 Å². The first kappa shape index (κ1) is 14.9. The second-order valence-corrected chi connectivity index (χ2v) is 9.40. The van der Waals surface area contributed by atoms with Crippen molar-refractivity contribution in [2.75, 3.05) is 0 Å². The fourth-order valence-electron chi connectivity index (χ4n) is 6.92. The molecule has 122 valence electrons. The normalized spacial score (nSPS) is 54.3. The lowest BCUT2D eigenvalue weighted by atomic mass is 9.46. The van der Waals surface area contributed by atoms with Gasteiger partial charge in [0.1, 0.15) is 5.60 Å². The minimum absolute atomic E-state index is 0.0459. The standard InChI is InChI=1S/C20H30O2/c1-18-9-4-5-15(18)14-7-6-13-11-17(21)20(3,22)12-19(13,2)16(14)8-10-18/h11,14-16,22H,4-10,12H2,1-3H3/t14-,15-,16+,18-,19-,20?/m0/s1. The van der Waals surface area contributed by atoms with Gasteiger partial charge >= 0.3 is 0 Å². The molecule has 0 spiro atoms. The number of ketones is 1. The van der Waals surface area contributed by atoms with Crippen molar-refractivity contribution < 1.29 is 9.90 Å². The minimum atomic E-state index is -1.16. The van der Waals surface area contributed by atoms with E-state index in [1.807, 2.05) is 6.08 Å². The molecule has 6 atom stereocenters.